The first-order chi connectivity index (χ1) is 7.24. The molecule has 90 valence electrons. The molecule has 1 aliphatic rings. The largest absolute Gasteiger partial charge is 0.379 e. The van der Waals surface area contributed by atoms with Crippen molar-refractivity contribution < 1.29 is 4.74 Å². The molecule has 0 aromatic heterocycles. The lowest BCUT2D eigenvalue weighted by Crippen LogP contribution is -2.42. The summed E-state index contributed by atoms with van der Waals surface area (Å²) in [6.07, 6.45) is 1.08. The SMILES string of the molecule is CC(CCN)N(C)CCN1CCOCC1. The number of nitrogens with two attached hydrogens (primary N) is 1. The zero-order valence-electron chi connectivity index (χ0n) is 10.1. The molecule has 1 rings (SSSR count). The molecule has 1 saturated heterocycles. The van der Waals surface area contributed by atoms with Crippen molar-refractivity contribution in [2.45, 2.75) is 19.4 Å². The third-order valence-corrected chi connectivity index (χ3v) is 3.21. The average Bonchev–Trinajstić information content (AvgIpc) is 2.27. The number of rotatable bonds is 6. The van der Waals surface area contributed by atoms with E-state index in [1.807, 2.05) is 0 Å². The normalized spacial score (nSPS) is 20.8. The molecular formula is C11H25N3O. The smallest absolute Gasteiger partial charge is 0.0594 e. The maximum atomic E-state index is 5.55. The first-order valence-electron chi connectivity index (χ1n) is 5.94. The molecule has 1 atom stereocenters. The van der Waals surface area contributed by atoms with E-state index in [2.05, 4.69) is 23.8 Å². The van der Waals surface area contributed by atoms with Crippen LogP contribution in [0.5, 0.6) is 0 Å². The molecule has 1 unspecified atom stereocenters. The van der Waals surface area contributed by atoms with Gasteiger partial charge in [-0.25, -0.2) is 0 Å². The Kier molecular flexibility index (Phi) is 6.17. The van der Waals surface area contributed by atoms with Crippen molar-refractivity contribution in [2.24, 2.45) is 5.73 Å². The molecule has 0 aromatic carbocycles. The van der Waals surface area contributed by atoms with Crippen LogP contribution in [0, 0.1) is 0 Å². The molecule has 0 radical (unpaired) electrons. The van der Waals surface area contributed by atoms with Gasteiger partial charge in [-0.2, -0.15) is 0 Å². The van der Waals surface area contributed by atoms with E-state index in [1.54, 1.807) is 0 Å². The fraction of sp³-hybridized carbons (Fsp3) is 1.00. The Morgan fingerprint density at radius 2 is 2.07 bits per heavy atom. The van der Waals surface area contributed by atoms with E-state index in [-0.39, 0.29) is 0 Å². The molecule has 15 heavy (non-hydrogen) atoms. The first-order valence-corrected chi connectivity index (χ1v) is 5.94. The maximum Gasteiger partial charge on any atom is 0.0594 e. The van der Waals surface area contributed by atoms with E-state index < -0.39 is 0 Å². The van der Waals surface area contributed by atoms with Gasteiger partial charge < -0.3 is 15.4 Å². The number of nitrogens with zero attached hydrogens (tertiary/aromatic N) is 2. The van der Waals surface area contributed by atoms with Crippen LogP contribution in [0.25, 0.3) is 0 Å². The summed E-state index contributed by atoms with van der Waals surface area (Å²) < 4.78 is 5.32. The number of ether oxygens (including phenoxy) is 1. The van der Waals surface area contributed by atoms with Crippen molar-refractivity contribution in [3.05, 3.63) is 0 Å². The van der Waals surface area contributed by atoms with Gasteiger partial charge in [-0.1, -0.05) is 0 Å². The summed E-state index contributed by atoms with van der Waals surface area (Å²) in [4.78, 5) is 4.86. The average molecular weight is 215 g/mol. The molecule has 0 bridgehead atoms. The molecule has 1 aliphatic heterocycles. The Hall–Kier alpha value is -0.160. The maximum absolute atomic E-state index is 5.55. The lowest BCUT2D eigenvalue weighted by Gasteiger charge is -2.30. The lowest BCUT2D eigenvalue weighted by atomic mass is 10.2. The van der Waals surface area contributed by atoms with Gasteiger partial charge in [-0.05, 0) is 26.9 Å². The van der Waals surface area contributed by atoms with E-state index in [9.17, 15) is 0 Å². The highest BCUT2D eigenvalue weighted by molar-refractivity contribution is 4.68. The Morgan fingerprint density at radius 3 is 2.67 bits per heavy atom. The van der Waals surface area contributed by atoms with Gasteiger partial charge in [0.15, 0.2) is 0 Å². The van der Waals surface area contributed by atoms with Crippen LogP contribution in [0.15, 0.2) is 0 Å². The van der Waals surface area contributed by atoms with Gasteiger partial charge >= 0.3 is 0 Å². The summed E-state index contributed by atoms with van der Waals surface area (Å²) in [7, 11) is 2.18. The summed E-state index contributed by atoms with van der Waals surface area (Å²) in [6.45, 7) is 9.24. The van der Waals surface area contributed by atoms with Crippen molar-refractivity contribution in [3.8, 4) is 0 Å². The van der Waals surface area contributed by atoms with Crippen LogP contribution in [-0.2, 0) is 4.74 Å². The lowest BCUT2D eigenvalue weighted by molar-refractivity contribution is 0.0328. The summed E-state index contributed by atoms with van der Waals surface area (Å²) in [5.41, 5.74) is 5.55. The van der Waals surface area contributed by atoms with Gasteiger partial charge in [0.2, 0.25) is 0 Å². The Labute approximate surface area is 93.4 Å². The molecule has 0 aliphatic carbocycles. The van der Waals surface area contributed by atoms with Crippen LogP contribution in [0.3, 0.4) is 0 Å². The van der Waals surface area contributed by atoms with E-state index >= 15 is 0 Å². The van der Waals surface area contributed by atoms with Crippen LogP contribution in [-0.4, -0.2) is 68.8 Å². The van der Waals surface area contributed by atoms with Crippen molar-refractivity contribution >= 4 is 0 Å². The third-order valence-electron chi connectivity index (χ3n) is 3.21. The summed E-state index contributed by atoms with van der Waals surface area (Å²) in [6, 6.07) is 0.594. The highest BCUT2D eigenvalue weighted by Gasteiger charge is 2.12. The molecule has 0 saturated carbocycles. The minimum absolute atomic E-state index is 0.594. The molecule has 0 amide bonds. The zero-order chi connectivity index (χ0) is 11.1. The van der Waals surface area contributed by atoms with Crippen LogP contribution in [0.1, 0.15) is 13.3 Å². The number of hydrogen-bond acceptors (Lipinski definition) is 4. The van der Waals surface area contributed by atoms with Crippen LogP contribution in [0.2, 0.25) is 0 Å². The molecule has 4 nitrogen and oxygen atoms in total. The number of hydrogen-bond donors (Lipinski definition) is 1. The van der Waals surface area contributed by atoms with Crippen LogP contribution in [0.4, 0.5) is 0 Å². The number of morpholine rings is 1. The molecule has 4 heteroatoms. The predicted molar refractivity (Wildman–Crippen MR) is 63.0 cm³/mol. The highest BCUT2D eigenvalue weighted by atomic mass is 16.5. The fourth-order valence-electron chi connectivity index (χ4n) is 1.81. The summed E-state index contributed by atoms with van der Waals surface area (Å²) in [5.74, 6) is 0. The second-order valence-electron chi connectivity index (χ2n) is 4.36. The molecule has 1 fully saturated rings. The Bertz CT molecular complexity index is 160. The monoisotopic (exact) mass is 215 g/mol. The van der Waals surface area contributed by atoms with Gasteiger partial charge in [0.25, 0.3) is 0 Å². The second kappa shape index (κ2) is 7.17. The van der Waals surface area contributed by atoms with Crippen molar-refractivity contribution in [1.82, 2.24) is 9.80 Å². The summed E-state index contributed by atoms with van der Waals surface area (Å²) in [5, 5.41) is 0. The van der Waals surface area contributed by atoms with Crippen molar-refractivity contribution in [3.63, 3.8) is 0 Å². The molecule has 2 N–H and O–H groups in total. The zero-order valence-corrected chi connectivity index (χ0v) is 10.1. The molecular weight excluding hydrogens is 190 g/mol. The molecule has 0 aromatic rings. The van der Waals surface area contributed by atoms with Crippen molar-refractivity contribution in [2.75, 3.05) is 53.0 Å². The quantitative estimate of drug-likeness (QED) is 0.676. The molecule has 0 spiro atoms. The Morgan fingerprint density at radius 1 is 1.40 bits per heavy atom. The highest BCUT2D eigenvalue weighted by Crippen LogP contribution is 2.01. The Balaban J connectivity index is 2.11. The van der Waals surface area contributed by atoms with Crippen molar-refractivity contribution in [1.29, 1.82) is 0 Å². The van der Waals surface area contributed by atoms with Gasteiger partial charge in [-0.15, -0.1) is 0 Å². The van der Waals surface area contributed by atoms with Crippen LogP contribution < -0.4 is 5.73 Å². The standard InChI is InChI=1S/C11H25N3O/c1-11(3-4-12)13(2)5-6-14-7-9-15-10-8-14/h11H,3-10,12H2,1-2H3. The fourth-order valence-corrected chi connectivity index (χ4v) is 1.81. The summed E-state index contributed by atoms with van der Waals surface area (Å²) >= 11 is 0. The minimum Gasteiger partial charge on any atom is -0.379 e. The third kappa shape index (κ3) is 4.93. The van der Waals surface area contributed by atoms with Gasteiger partial charge in [0.05, 0.1) is 13.2 Å². The van der Waals surface area contributed by atoms with Crippen LogP contribution >= 0.6 is 0 Å². The topological polar surface area (TPSA) is 41.7 Å². The van der Waals surface area contributed by atoms with Gasteiger partial charge in [-0.3, -0.25) is 4.90 Å². The van der Waals surface area contributed by atoms with Gasteiger partial charge in [0, 0.05) is 32.2 Å². The molecule has 1 heterocycles. The van der Waals surface area contributed by atoms with E-state index in [0.717, 1.165) is 52.4 Å². The van der Waals surface area contributed by atoms with Gasteiger partial charge in [0.1, 0.15) is 0 Å². The van der Waals surface area contributed by atoms with E-state index in [4.69, 9.17) is 10.5 Å². The predicted octanol–water partition coefficient (Wildman–Crippen LogP) is -0.0123. The second-order valence-corrected chi connectivity index (χ2v) is 4.36. The first kappa shape index (κ1) is 12.9. The minimum atomic E-state index is 0.594. The number of likely N-dealkylation sites (N-methyl/N-ethyl adjacent to an activating group) is 1. The van der Waals surface area contributed by atoms with E-state index in [0.29, 0.717) is 6.04 Å². The van der Waals surface area contributed by atoms with E-state index in [1.165, 1.54) is 0 Å².